The molecule has 0 aliphatic carbocycles. The summed E-state index contributed by atoms with van der Waals surface area (Å²) in [5, 5.41) is 20.7. The van der Waals surface area contributed by atoms with Gasteiger partial charge in [-0.05, 0) is 36.6 Å². The summed E-state index contributed by atoms with van der Waals surface area (Å²) in [4.78, 5) is 31.2. The molecule has 0 bridgehead atoms. The maximum absolute atomic E-state index is 13.1. The van der Waals surface area contributed by atoms with Gasteiger partial charge in [-0.3, -0.25) is 9.59 Å². The Bertz CT molecular complexity index is 1060. The number of carboxylic acids is 1. The number of aliphatic carboxylic acids is 1. The highest BCUT2D eigenvalue weighted by molar-refractivity contribution is 5.97. The van der Waals surface area contributed by atoms with Crippen molar-refractivity contribution < 1.29 is 19.8 Å². The fourth-order valence-electron chi connectivity index (χ4n) is 4.12. The van der Waals surface area contributed by atoms with E-state index < -0.39 is 17.5 Å². The van der Waals surface area contributed by atoms with Crippen LogP contribution in [0.4, 0.5) is 0 Å². The van der Waals surface area contributed by atoms with Crippen molar-refractivity contribution in [2.24, 2.45) is 12.5 Å². The fourth-order valence-corrected chi connectivity index (χ4v) is 4.12. The van der Waals surface area contributed by atoms with Gasteiger partial charge in [0.25, 0.3) is 5.91 Å². The van der Waals surface area contributed by atoms with E-state index in [1.165, 1.54) is 4.90 Å². The summed E-state index contributed by atoms with van der Waals surface area (Å²) < 4.78 is 1.87. The van der Waals surface area contributed by atoms with Crippen LogP contribution in [0.2, 0.25) is 0 Å². The molecule has 150 valence electrons. The van der Waals surface area contributed by atoms with Crippen molar-refractivity contribution in [1.82, 2.24) is 14.5 Å². The van der Waals surface area contributed by atoms with E-state index in [2.05, 4.69) is 4.98 Å². The maximum Gasteiger partial charge on any atom is 0.314 e. The highest BCUT2D eigenvalue weighted by Crippen LogP contribution is 2.35. The van der Waals surface area contributed by atoms with E-state index in [0.29, 0.717) is 17.6 Å². The van der Waals surface area contributed by atoms with Gasteiger partial charge in [0, 0.05) is 25.7 Å². The second-order valence-corrected chi connectivity index (χ2v) is 7.71. The normalized spacial score (nSPS) is 22.0. The molecular formula is C22H23N3O4. The average Bonchev–Trinajstić information content (AvgIpc) is 3.10. The van der Waals surface area contributed by atoms with Gasteiger partial charge in [0.05, 0.1) is 23.5 Å². The number of rotatable bonds is 4. The molecule has 2 N–H and O–H groups in total. The van der Waals surface area contributed by atoms with Crippen molar-refractivity contribution in [3.8, 4) is 0 Å². The lowest BCUT2D eigenvalue weighted by Gasteiger charge is -2.43. The number of fused-ring (bicyclic) bond motifs is 1. The second kappa shape index (κ2) is 7.33. The number of aliphatic hydroxyl groups is 1. The van der Waals surface area contributed by atoms with E-state index in [9.17, 15) is 19.8 Å². The van der Waals surface area contributed by atoms with Gasteiger partial charge < -0.3 is 19.7 Å². The van der Waals surface area contributed by atoms with Crippen molar-refractivity contribution in [1.29, 1.82) is 0 Å². The molecule has 0 spiro atoms. The summed E-state index contributed by atoms with van der Waals surface area (Å²) in [6.45, 7) is 0.265. The van der Waals surface area contributed by atoms with Gasteiger partial charge in [0.1, 0.15) is 5.41 Å². The number of hydrogen-bond donors (Lipinski definition) is 2. The van der Waals surface area contributed by atoms with E-state index in [-0.39, 0.29) is 25.3 Å². The highest BCUT2D eigenvalue weighted by atomic mass is 16.4. The predicted molar refractivity (Wildman–Crippen MR) is 107 cm³/mol. The molecule has 2 heterocycles. The minimum atomic E-state index is -1.44. The molecule has 0 radical (unpaired) electrons. The van der Waals surface area contributed by atoms with Gasteiger partial charge in [-0.15, -0.1) is 0 Å². The van der Waals surface area contributed by atoms with Crippen LogP contribution in [0.3, 0.4) is 0 Å². The molecule has 1 aliphatic rings. The molecule has 2 atom stereocenters. The highest BCUT2D eigenvalue weighted by Gasteiger charge is 2.50. The lowest BCUT2D eigenvalue weighted by Crippen LogP contribution is -2.58. The number of piperidine rings is 1. The van der Waals surface area contributed by atoms with Gasteiger partial charge in [0.15, 0.2) is 0 Å². The number of nitrogens with zero attached hydrogens (tertiary/aromatic N) is 3. The number of likely N-dealkylation sites (tertiary alicyclic amines) is 1. The molecule has 4 rings (SSSR count). The number of imidazole rings is 1. The minimum Gasteiger partial charge on any atom is -0.481 e. The SMILES string of the molecule is Cn1cnc2cc(C(=O)N3CC[C@@H](O)[C@](Cc4ccccc4)(C(=O)O)C3)ccc21. The maximum atomic E-state index is 13.1. The molecule has 1 saturated heterocycles. The smallest absolute Gasteiger partial charge is 0.314 e. The standard InChI is InChI=1S/C22H23N3O4/c1-24-14-23-17-11-16(7-8-18(17)24)20(27)25-10-9-19(26)22(13-25,21(28)29)12-15-5-3-2-4-6-15/h2-8,11,14,19,26H,9-10,12-13H2,1H3,(H,28,29)/t19-,22-/m1/s1. The third-order valence-corrected chi connectivity index (χ3v) is 5.83. The number of aryl methyl sites for hydroxylation is 1. The summed E-state index contributed by atoms with van der Waals surface area (Å²) in [7, 11) is 1.88. The first-order chi connectivity index (χ1) is 13.9. The van der Waals surface area contributed by atoms with Crippen molar-refractivity contribution in [2.75, 3.05) is 13.1 Å². The molecule has 1 aliphatic heterocycles. The van der Waals surface area contributed by atoms with Crippen LogP contribution in [-0.2, 0) is 18.3 Å². The fraction of sp³-hybridized carbons (Fsp3) is 0.318. The van der Waals surface area contributed by atoms with Crippen molar-refractivity contribution >= 4 is 22.9 Å². The first kappa shape index (κ1) is 19.1. The number of carbonyl (C=O) groups excluding carboxylic acids is 1. The van der Waals surface area contributed by atoms with Crippen LogP contribution >= 0.6 is 0 Å². The Morgan fingerprint density at radius 3 is 2.69 bits per heavy atom. The van der Waals surface area contributed by atoms with E-state index in [1.54, 1.807) is 18.5 Å². The Hall–Kier alpha value is -3.19. The van der Waals surface area contributed by atoms with E-state index in [4.69, 9.17) is 0 Å². The van der Waals surface area contributed by atoms with E-state index in [0.717, 1.165) is 11.1 Å². The Kier molecular flexibility index (Phi) is 4.84. The van der Waals surface area contributed by atoms with Crippen molar-refractivity contribution in [3.05, 3.63) is 66.0 Å². The molecule has 7 nitrogen and oxygen atoms in total. The summed E-state index contributed by atoms with van der Waals surface area (Å²) >= 11 is 0. The Morgan fingerprint density at radius 2 is 1.97 bits per heavy atom. The van der Waals surface area contributed by atoms with Crippen LogP contribution < -0.4 is 0 Å². The third kappa shape index (κ3) is 3.38. The lowest BCUT2D eigenvalue weighted by molar-refractivity contribution is -0.161. The van der Waals surface area contributed by atoms with Crippen LogP contribution in [0.15, 0.2) is 54.9 Å². The number of benzene rings is 2. The van der Waals surface area contributed by atoms with E-state index >= 15 is 0 Å². The van der Waals surface area contributed by atoms with Crippen LogP contribution in [0.25, 0.3) is 11.0 Å². The van der Waals surface area contributed by atoms with Crippen molar-refractivity contribution in [2.45, 2.75) is 18.9 Å². The summed E-state index contributed by atoms with van der Waals surface area (Å²) in [5.74, 6) is -1.34. The number of amides is 1. The van der Waals surface area contributed by atoms with Crippen LogP contribution in [0, 0.1) is 5.41 Å². The van der Waals surface area contributed by atoms with Gasteiger partial charge in [-0.1, -0.05) is 30.3 Å². The monoisotopic (exact) mass is 393 g/mol. The molecule has 1 amide bonds. The number of hydrogen-bond acceptors (Lipinski definition) is 4. The quantitative estimate of drug-likeness (QED) is 0.708. The van der Waals surface area contributed by atoms with Gasteiger partial charge in [-0.25, -0.2) is 4.98 Å². The second-order valence-electron chi connectivity index (χ2n) is 7.71. The number of aliphatic hydroxyl groups excluding tert-OH is 1. The van der Waals surface area contributed by atoms with Crippen LogP contribution in [0.5, 0.6) is 0 Å². The topological polar surface area (TPSA) is 95.7 Å². The first-order valence-electron chi connectivity index (χ1n) is 9.56. The zero-order valence-electron chi connectivity index (χ0n) is 16.2. The third-order valence-electron chi connectivity index (χ3n) is 5.83. The van der Waals surface area contributed by atoms with Crippen molar-refractivity contribution in [3.63, 3.8) is 0 Å². The molecule has 1 fully saturated rings. The molecule has 0 saturated carbocycles. The molecular weight excluding hydrogens is 370 g/mol. The van der Waals surface area contributed by atoms with Crippen LogP contribution in [-0.4, -0.2) is 55.7 Å². The van der Waals surface area contributed by atoms with E-state index in [1.807, 2.05) is 48.0 Å². The molecule has 2 aromatic carbocycles. The molecule has 7 heteroatoms. The number of carboxylic acid groups (broad SMARTS) is 1. The number of aromatic nitrogens is 2. The minimum absolute atomic E-state index is 0.0442. The molecule has 29 heavy (non-hydrogen) atoms. The van der Waals surface area contributed by atoms with Gasteiger partial charge in [-0.2, -0.15) is 0 Å². The average molecular weight is 393 g/mol. The van der Waals surface area contributed by atoms with Gasteiger partial charge >= 0.3 is 5.97 Å². The summed E-state index contributed by atoms with van der Waals surface area (Å²) in [6, 6.07) is 14.5. The molecule has 1 aromatic heterocycles. The number of carbonyl (C=O) groups is 2. The Morgan fingerprint density at radius 1 is 1.21 bits per heavy atom. The zero-order valence-corrected chi connectivity index (χ0v) is 16.2. The molecule has 3 aromatic rings. The lowest BCUT2D eigenvalue weighted by atomic mass is 9.72. The van der Waals surface area contributed by atoms with Gasteiger partial charge in [0.2, 0.25) is 0 Å². The van der Waals surface area contributed by atoms with Crippen LogP contribution in [0.1, 0.15) is 22.3 Å². The molecule has 0 unspecified atom stereocenters. The first-order valence-corrected chi connectivity index (χ1v) is 9.56. The largest absolute Gasteiger partial charge is 0.481 e. The Balaban J connectivity index is 1.63. The zero-order chi connectivity index (χ0) is 20.6. The summed E-state index contributed by atoms with van der Waals surface area (Å²) in [6.07, 6.45) is 1.04. The predicted octanol–water partition coefficient (Wildman–Crippen LogP) is 2.09. The Labute approximate surface area is 168 Å². The summed E-state index contributed by atoms with van der Waals surface area (Å²) in [5.41, 5.74) is 1.47.